The number of nitrogens with one attached hydrogen (secondary N) is 1. The van der Waals surface area contributed by atoms with Crippen LogP contribution in [0.4, 0.5) is 18.3 Å². The number of piperidine rings is 1. The number of aromatic nitrogens is 1. The quantitative estimate of drug-likeness (QED) is 0.573. The SMILES string of the molecule is Cc1ccc(C(=O)Nc2nc3c(F)c(F)c(F)cc3s2)cc1S(=O)(=O)N1CCCCC1. The van der Waals surface area contributed by atoms with Gasteiger partial charge in [0.2, 0.25) is 10.0 Å². The number of fused-ring (bicyclic) bond motifs is 1. The zero-order chi connectivity index (χ0) is 22.3. The van der Waals surface area contributed by atoms with Crippen molar-refractivity contribution in [1.29, 1.82) is 0 Å². The topological polar surface area (TPSA) is 79.4 Å². The third kappa shape index (κ3) is 4.04. The standard InChI is InChI=1S/C20H18F3N3O3S2/c1-11-5-6-12(9-15(11)31(28,29)26-7-3-2-4-8-26)19(27)25-20-24-18-14(30-20)10-13(21)16(22)17(18)23/h5-6,9-10H,2-4,7-8H2,1H3,(H,24,25,27). The van der Waals surface area contributed by atoms with E-state index in [-0.39, 0.29) is 20.3 Å². The highest BCUT2D eigenvalue weighted by Crippen LogP contribution is 2.31. The zero-order valence-corrected chi connectivity index (χ0v) is 18.0. The molecule has 1 aliphatic rings. The lowest BCUT2D eigenvalue weighted by molar-refractivity contribution is 0.102. The van der Waals surface area contributed by atoms with E-state index in [2.05, 4.69) is 10.3 Å². The lowest BCUT2D eigenvalue weighted by atomic mass is 10.1. The minimum absolute atomic E-state index is 0.0315. The van der Waals surface area contributed by atoms with Crippen LogP contribution in [0.15, 0.2) is 29.2 Å². The molecule has 1 amide bonds. The maximum absolute atomic E-state index is 13.9. The van der Waals surface area contributed by atoms with Gasteiger partial charge in [0.25, 0.3) is 5.91 Å². The van der Waals surface area contributed by atoms with Crippen LogP contribution in [0.5, 0.6) is 0 Å². The summed E-state index contributed by atoms with van der Waals surface area (Å²) in [5.74, 6) is -5.09. The second-order valence-electron chi connectivity index (χ2n) is 7.25. The number of anilines is 1. The van der Waals surface area contributed by atoms with Gasteiger partial charge in [-0.2, -0.15) is 4.31 Å². The molecule has 1 aliphatic heterocycles. The molecule has 2 aromatic carbocycles. The van der Waals surface area contributed by atoms with Gasteiger partial charge in [0.1, 0.15) is 5.52 Å². The minimum Gasteiger partial charge on any atom is -0.298 e. The van der Waals surface area contributed by atoms with Crippen molar-refractivity contribution in [2.45, 2.75) is 31.1 Å². The molecule has 1 aromatic heterocycles. The second kappa shape index (κ2) is 8.21. The molecule has 0 saturated carbocycles. The van der Waals surface area contributed by atoms with Crippen molar-refractivity contribution in [1.82, 2.24) is 9.29 Å². The van der Waals surface area contributed by atoms with Crippen molar-refractivity contribution in [3.63, 3.8) is 0 Å². The van der Waals surface area contributed by atoms with Crippen LogP contribution in [0, 0.1) is 24.4 Å². The van der Waals surface area contributed by atoms with Crippen LogP contribution in [0.2, 0.25) is 0 Å². The Morgan fingerprint density at radius 1 is 1.10 bits per heavy atom. The maximum Gasteiger partial charge on any atom is 0.257 e. The van der Waals surface area contributed by atoms with E-state index < -0.39 is 38.9 Å². The second-order valence-corrected chi connectivity index (χ2v) is 10.2. The number of thiazole rings is 1. The molecule has 0 spiro atoms. The third-order valence-corrected chi connectivity index (χ3v) is 8.08. The number of carbonyl (C=O) groups excluding carboxylic acids is 1. The number of hydrogen-bond acceptors (Lipinski definition) is 5. The van der Waals surface area contributed by atoms with E-state index in [1.54, 1.807) is 6.92 Å². The van der Waals surface area contributed by atoms with Gasteiger partial charge in [-0.15, -0.1) is 0 Å². The average molecular weight is 470 g/mol. The van der Waals surface area contributed by atoms with Crippen molar-refractivity contribution < 1.29 is 26.4 Å². The monoisotopic (exact) mass is 469 g/mol. The molecule has 0 atom stereocenters. The van der Waals surface area contributed by atoms with Gasteiger partial charge in [-0.3, -0.25) is 10.1 Å². The molecule has 2 heterocycles. The number of carbonyl (C=O) groups is 1. The van der Waals surface area contributed by atoms with Crippen molar-refractivity contribution in [2.24, 2.45) is 0 Å². The van der Waals surface area contributed by atoms with E-state index in [0.29, 0.717) is 18.7 Å². The lowest BCUT2D eigenvalue weighted by Gasteiger charge is -2.26. The number of aryl methyl sites for hydroxylation is 1. The minimum atomic E-state index is -3.75. The molecule has 0 radical (unpaired) electrons. The summed E-state index contributed by atoms with van der Waals surface area (Å²) in [5.41, 5.74) is 0.185. The van der Waals surface area contributed by atoms with Crippen LogP contribution in [0.25, 0.3) is 10.2 Å². The van der Waals surface area contributed by atoms with Crippen LogP contribution in [0.3, 0.4) is 0 Å². The van der Waals surface area contributed by atoms with Crippen LogP contribution < -0.4 is 5.32 Å². The highest BCUT2D eigenvalue weighted by Gasteiger charge is 2.28. The van der Waals surface area contributed by atoms with Crippen molar-refractivity contribution in [3.8, 4) is 0 Å². The molecule has 1 fully saturated rings. The first-order valence-corrected chi connectivity index (χ1v) is 11.8. The van der Waals surface area contributed by atoms with Gasteiger partial charge < -0.3 is 0 Å². The van der Waals surface area contributed by atoms with Crippen molar-refractivity contribution in [2.75, 3.05) is 18.4 Å². The van der Waals surface area contributed by atoms with Gasteiger partial charge in [0.15, 0.2) is 22.6 Å². The maximum atomic E-state index is 13.9. The van der Waals surface area contributed by atoms with E-state index in [1.807, 2.05) is 0 Å². The first kappa shape index (κ1) is 21.7. The number of sulfonamides is 1. The molecule has 6 nitrogen and oxygen atoms in total. The smallest absolute Gasteiger partial charge is 0.257 e. The molecule has 0 unspecified atom stereocenters. The highest BCUT2D eigenvalue weighted by atomic mass is 32.2. The van der Waals surface area contributed by atoms with Crippen molar-refractivity contribution in [3.05, 3.63) is 52.8 Å². The summed E-state index contributed by atoms with van der Waals surface area (Å²) in [6.45, 7) is 2.52. The summed E-state index contributed by atoms with van der Waals surface area (Å²) in [6, 6.07) is 5.10. The molecular weight excluding hydrogens is 451 g/mol. The first-order chi connectivity index (χ1) is 14.7. The van der Waals surface area contributed by atoms with Crippen molar-refractivity contribution >= 4 is 42.6 Å². The molecule has 1 N–H and O–H groups in total. The van der Waals surface area contributed by atoms with Crippen LogP contribution in [-0.2, 0) is 10.0 Å². The molecule has 4 rings (SSSR count). The zero-order valence-electron chi connectivity index (χ0n) is 16.4. The Bertz CT molecular complexity index is 1290. The molecule has 11 heteroatoms. The number of nitrogens with zero attached hydrogens (tertiary/aromatic N) is 2. The molecule has 0 bridgehead atoms. The van der Waals surface area contributed by atoms with Crippen LogP contribution in [-0.4, -0.2) is 36.7 Å². The Labute approximate surface area is 180 Å². The fraction of sp³-hybridized carbons (Fsp3) is 0.300. The van der Waals surface area contributed by atoms with Gasteiger partial charge in [-0.1, -0.05) is 23.8 Å². The number of halogens is 3. The van der Waals surface area contributed by atoms with Crippen LogP contribution >= 0.6 is 11.3 Å². The van der Waals surface area contributed by atoms with Gasteiger partial charge in [0, 0.05) is 18.7 Å². The normalized spacial score (nSPS) is 15.4. The Morgan fingerprint density at radius 2 is 1.81 bits per heavy atom. The Hall–Kier alpha value is -2.50. The number of rotatable bonds is 4. The summed E-state index contributed by atoms with van der Waals surface area (Å²) in [7, 11) is -3.75. The molecule has 1 saturated heterocycles. The van der Waals surface area contributed by atoms with E-state index >= 15 is 0 Å². The molecule has 3 aromatic rings. The lowest BCUT2D eigenvalue weighted by Crippen LogP contribution is -2.36. The number of amides is 1. The third-order valence-electron chi connectivity index (χ3n) is 5.13. The fourth-order valence-electron chi connectivity index (χ4n) is 3.46. The Kier molecular flexibility index (Phi) is 5.75. The summed E-state index contributed by atoms with van der Waals surface area (Å²) in [4.78, 5) is 16.5. The Morgan fingerprint density at radius 3 is 2.52 bits per heavy atom. The van der Waals surface area contributed by atoms with Gasteiger partial charge in [-0.25, -0.2) is 26.6 Å². The van der Waals surface area contributed by atoms with E-state index in [9.17, 15) is 26.4 Å². The first-order valence-electron chi connectivity index (χ1n) is 9.54. The number of benzene rings is 2. The molecule has 164 valence electrons. The number of hydrogen-bond donors (Lipinski definition) is 1. The fourth-order valence-corrected chi connectivity index (χ4v) is 6.11. The summed E-state index contributed by atoms with van der Waals surface area (Å²) in [6.07, 6.45) is 2.55. The molecular formula is C20H18F3N3O3S2. The molecule has 0 aliphatic carbocycles. The largest absolute Gasteiger partial charge is 0.298 e. The van der Waals surface area contributed by atoms with Crippen LogP contribution in [0.1, 0.15) is 35.2 Å². The highest BCUT2D eigenvalue weighted by molar-refractivity contribution is 7.89. The van der Waals surface area contributed by atoms with Gasteiger partial charge >= 0.3 is 0 Å². The molecule has 31 heavy (non-hydrogen) atoms. The van der Waals surface area contributed by atoms with E-state index in [0.717, 1.165) is 36.7 Å². The van der Waals surface area contributed by atoms with Gasteiger partial charge in [0.05, 0.1) is 9.60 Å². The Balaban J connectivity index is 1.63. The predicted molar refractivity (Wildman–Crippen MR) is 111 cm³/mol. The average Bonchev–Trinajstić information content (AvgIpc) is 3.15. The summed E-state index contributed by atoms with van der Waals surface area (Å²) < 4.78 is 68.2. The summed E-state index contributed by atoms with van der Waals surface area (Å²) in [5, 5.41) is 2.38. The van der Waals surface area contributed by atoms with E-state index in [1.165, 1.54) is 22.5 Å². The predicted octanol–water partition coefficient (Wildman–Crippen LogP) is 4.45. The van der Waals surface area contributed by atoms with Gasteiger partial charge in [-0.05, 0) is 43.5 Å². The van der Waals surface area contributed by atoms with E-state index in [4.69, 9.17) is 0 Å². The summed E-state index contributed by atoms with van der Waals surface area (Å²) >= 11 is 0.777.